The van der Waals surface area contributed by atoms with Crippen molar-refractivity contribution in [3.63, 3.8) is 0 Å². The van der Waals surface area contributed by atoms with Crippen LogP contribution in [0.4, 0.5) is 0 Å². The molecule has 0 saturated carbocycles. The third-order valence-electron chi connectivity index (χ3n) is 1.23. The van der Waals surface area contributed by atoms with Gasteiger partial charge in [-0.2, -0.15) is 0 Å². The van der Waals surface area contributed by atoms with Crippen molar-refractivity contribution >= 4 is 22.5 Å². The summed E-state index contributed by atoms with van der Waals surface area (Å²) < 4.78 is 6.19. The van der Waals surface area contributed by atoms with Crippen molar-refractivity contribution in [3.05, 3.63) is 35.9 Å². The second-order valence-electron chi connectivity index (χ2n) is 2.00. The SMILES string of the molecule is [SnH][CH2]OCc1ccccc1. The summed E-state index contributed by atoms with van der Waals surface area (Å²) in [4.78, 5) is 0. The van der Waals surface area contributed by atoms with E-state index in [1.54, 1.807) is 0 Å². The van der Waals surface area contributed by atoms with Crippen LogP contribution >= 0.6 is 0 Å². The molecule has 0 saturated heterocycles. The Labute approximate surface area is 74.5 Å². The fraction of sp³-hybridized carbons (Fsp3) is 0.250. The van der Waals surface area contributed by atoms with Gasteiger partial charge in [-0.3, -0.25) is 0 Å². The zero-order valence-corrected chi connectivity index (χ0v) is 9.08. The van der Waals surface area contributed by atoms with Crippen molar-refractivity contribution in [1.82, 2.24) is 0 Å². The molecule has 0 fully saturated rings. The van der Waals surface area contributed by atoms with Gasteiger partial charge < -0.3 is 0 Å². The average Bonchev–Trinajstić information content (AvgIpc) is 2.03. The molecule has 1 nitrogen and oxygen atoms in total. The van der Waals surface area contributed by atoms with Gasteiger partial charge in [0.25, 0.3) is 0 Å². The Morgan fingerprint density at radius 1 is 1.20 bits per heavy atom. The first-order valence-electron chi connectivity index (χ1n) is 3.25. The molecule has 0 aliphatic rings. The van der Waals surface area contributed by atoms with Crippen LogP contribution in [0.3, 0.4) is 0 Å². The third kappa shape index (κ3) is 2.71. The summed E-state index contributed by atoms with van der Waals surface area (Å²) in [6.45, 7) is 0.766. The maximum absolute atomic E-state index is 5.28. The van der Waals surface area contributed by atoms with Gasteiger partial charge >= 0.3 is 74.4 Å². The molecule has 10 heavy (non-hydrogen) atoms. The first-order valence-corrected chi connectivity index (χ1v) is 5.58. The molecule has 0 aliphatic carbocycles. The van der Waals surface area contributed by atoms with Crippen LogP contribution in [0, 0.1) is 0 Å². The molecule has 52 valence electrons. The van der Waals surface area contributed by atoms with Gasteiger partial charge in [0.2, 0.25) is 0 Å². The first kappa shape index (κ1) is 8.08. The van der Waals surface area contributed by atoms with Crippen molar-refractivity contribution in [2.75, 3.05) is 4.62 Å². The number of hydrogen-bond donors (Lipinski definition) is 0. The normalized spacial score (nSPS) is 9.70. The number of hydrogen-bond acceptors (Lipinski definition) is 1. The first-order chi connectivity index (χ1) is 4.93. The van der Waals surface area contributed by atoms with E-state index in [9.17, 15) is 0 Å². The van der Waals surface area contributed by atoms with Crippen molar-refractivity contribution in [3.8, 4) is 0 Å². The standard InChI is InChI=1S/C8H9O.Sn.H/c1-9-7-8-5-3-2-4-6-8;;/h2-6H,1,7H2;;. The number of rotatable bonds is 3. The minimum absolute atomic E-state index is 0.766. The molecule has 0 aromatic heterocycles. The number of ether oxygens (including phenoxy) is 1. The zero-order valence-electron chi connectivity index (χ0n) is 5.79. The molecular weight excluding hydrogens is 231 g/mol. The van der Waals surface area contributed by atoms with Crippen LogP contribution in [0.2, 0.25) is 0 Å². The summed E-state index contributed by atoms with van der Waals surface area (Å²) in [6.07, 6.45) is 0. The van der Waals surface area contributed by atoms with E-state index >= 15 is 0 Å². The Hall–Kier alpha value is -0.0213. The van der Waals surface area contributed by atoms with E-state index in [0.29, 0.717) is 0 Å². The molecule has 0 bridgehead atoms. The molecular formula is C8H10OSn. The minimum atomic E-state index is 0.766. The van der Waals surface area contributed by atoms with Gasteiger partial charge in [-0.05, 0) is 0 Å². The summed E-state index contributed by atoms with van der Waals surface area (Å²) in [6, 6.07) is 10.2. The second kappa shape index (κ2) is 4.74. The maximum atomic E-state index is 5.28. The van der Waals surface area contributed by atoms with Crippen molar-refractivity contribution in [2.24, 2.45) is 0 Å². The van der Waals surface area contributed by atoms with E-state index in [1.165, 1.54) is 28.1 Å². The van der Waals surface area contributed by atoms with Crippen LogP contribution in [0.15, 0.2) is 30.3 Å². The monoisotopic (exact) mass is 242 g/mol. The van der Waals surface area contributed by atoms with E-state index in [-0.39, 0.29) is 0 Å². The van der Waals surface area contributed by atoms with Gasteiger partial charge in [-0.1, -0.05) is 0 Å². The molecule has 1 rings (SSSR count). The van der Waals surface area contributed by atoms with Crippen LogP contribution in [0.1, 0.15) is 5.56 Å². The molecule has 0 heterocycles. The van der Waals surface area contributed by atoms with Crippen LogP contribution in [-0.4, -0.2) is 27.1 Å². The summed E-state index contributed by atoms with van der Waals surface area (Å²) in [5, 5.41) is 0. The zero-order chi connectivity index (χ0) is 7.23. The van der Waals surface area contributed by atoms with Gasteiger partial charge in [-0.25, -0.2) is 0 Å². The van der Waals surface area contributed by atoms with E-state index < -0.39 is 0 Å². The quantitative estimate of drug-likeness (QED) is 0.719. The summed E-state index contributed by atoms with van der Waals surface area (Å²) in [5.41, 5.74) is 1.26. The summed E-state index contributed by atoms with van der Waals surface area (Å²) in [7, 11) is 0. The van der Waals surface area contributed by atoms with E-state index in [0.717, 1.165) is 11.2 Å². The Morgan fingerprint density at radius 2 is 1.90 bits per heavy atom. The Bertz CT molecular complexity index is 174. The van der Waals surface area contributed by atoms with Crippen molar-refractivity contribution in [1.29, 1.82) is 0 Å². The van der Waals surface area contributed by atoms with Gasteiger partial charge in [0, 0.05) is 0 Å². The van der Waals surface area contributed by atoms with Crippen molar-refractivity contribution in [2.45, 2.75) is 6.61 Å². The van der Waals surface area contributed by atoms with E-state index in [2.05, 4.69) is 12.1 Å². The molecule has 0 aliphatic heterocycles. The van der Waals surface area contributed by atoms with Crippen LogP contribution < -0.4 is 0 Å². The molecule has 2 radical (unpaired) electrons. The molecule has 0 spiro atoms. The fourth-order valence-corrected chi connectivity index (χ4v) is 1.09. The third-order valence-corrected chi connectivity index (χ3v) is 1.90. The Balaban J connectivity index is 2.43. The molecule has 0 N–H and O–H groups in total. The molecule has 0 unspecified atom stereocenters. The van der Waals surface area contributed by atoms with Crippen LogP contribution in [0.5, 0.6) is 0 Å². The van der Waals surface area contributed by atoms with Crippen molar-refractivity contribution < 1.29 is 4.74 Å². The van der Waals surface area contributed by atoms with Gasteiger partial charge in [0.15, 0.2) is 0 Å². The van der Waals surface area contributed by atoms with E-state index in [1.807, 2.05) is 18.2 Å². The van der Waals surface area contributed by atoms with Gasteiger partial charge in [-0.15, -0.1) is 0 Å². The second-order valence-corrected chi connectivity index (χ2v) is 2.95. The predicted octanol–water partition coefficient (Wildman–Crippen LogP) is 1.06. The van der Waals surface area contributed by atoms with Crippen LogP contribution in [0.25, 0.3) is 0 Å². The topological polar surface area (TPSA) is 9.23 Å². The van der Waals surface area contributed by atoms with Gasteiger partial charge in [0.05, 0.1) is 0 Å². The molecule has 1 aromatic carbocycles. The van der Waals surface area contributed by atoms with Gasteiger partial charge in [0.1, 0.15) is 0 Å². The fourth-order valence-electron chi connectivity index (χ4n) is 0.751. The van der Waals surface area contributed by atoms with E-state index in [4.69, 9.17) is 4.74 Å². The summed E-state index contributed by atoms with van der Waals surface area (Å²) >= 11 is 1.18. The summed E-state index contributed by atoms with van der Waals surface area (Å²) in [5.74, 6) is 0. The Kier molecular flexibility index (Phi) is 3.83. The molecule has 0 atom stereocenters. The molecule has 2 heteroatoms. The molecule has 1 aromatic rings. The number of benzene rings is 1. The average molecular weight is 241 g/mol. The molecule has 0 amide bonds. The van der Waals surface area contributed by atoms with Crippen LogP contribution in [-0.2, 0) is 11.3 Å². The predicted molar refractivity (Wildman–Crippen MR) is 43.2 cm³/mol. The Morgan fingerprint density at radius 3 is 2.50 bits per heavy atom.